The lowest BCUT2D eigenvalue weighted by Crippen LogP contribution is -2.65. The van der Waals surface area contributed by atoms with Crippen LogP contribution in [0.2, 0.25) is 0 Å². The zero-order valence-corrected chi connectivity index (χ0v) is 32.6. The molecule has 0 bridgehead atoms. The van der Waals surface area contributed by atoms with Gasteiger partial charge in [-0.2, -0.15) is 0 Å². The number of carbonyl (C=O) groups is 5. The smallest absolute Gasteiger partial charge is 0.243 e. The minimum Gasteiger partial charge on any atom is -0.368 e. The van der Waals surface area contributed by atoms with Crippen molar-refractivity contribution < 1.29 is 24.0 Å². The number of hydrogen-bond donors (Lipinski definition) is 8. The first-order valence-electron chi connectivity index (χ1n) is 19.7. The molecule has 5 amide bonds. The molecule has 2 saturated heterocycles. The molecule has 0 spiro atoms. The van der Waals surface area contributed by atoms with Crippen LogP contribution in [0.1, 0.15) is 42.4 Å². The molecule has 4 heterocycles. The van der Waals surface area contributed by atoms with Gasteiger partial charge >= 0.3 is 0 Å². The molecule has 3 atom stereocenters. The fourth-order valence-corrected chi connectivity index (χ4v) is 8.91. The molecule has 2 aliphatic rings. The molecule has 9 N–H and O–H groups in total. The molecule has 2 aromatic heterocycles. The number of rotatable bonds is 15. The number of benzene rings is 3. The topological polar surface area (TPSA) is 199 Å². The van der Waals surface area contributed by atoms with Crippen LogP contribution in [0, 0.1) is 5.92 Å². The van der Waals surface area contributed by atoms with Gasteiger partial charge in [-0.1, -0.05) is 66.7 Å². The van der Waals surface area contributed by atoms with Crippen LogP contribution in [0.5, 0.6) is 0 Å². The van der Waals surface area contributed by atoms with Crippen molar-refractivity contribution in [2.75, 3.05) is 26.2 Å². The summed E-state index contributed by atoms with van der Waals surface area (Å²) < 4.78 is 1.07. The van der Waals surface area contributed by atoms with E-state index < -0.39 is 47.3 Å². The van der Waals surface area contributed by atoms with Gasteiger partial charge in [-0.05, 0) is 91.5 Å². The second kappa shape index (κ2) is 18.1. The molecule has 0 radical (unpaired) electrons. The highest BCUT2D eigenvalue weighted by Crippen LogP contribution is 2.27. The molecule has 2 unspecified atom stereocenters. The van der Waals surface area contributed by atoms with Crippen LogP contribution in [0.15, 0.2) is 90.4 Å². The van der Waals surface area contributed by atoms with Gasteiger partial charge in [-0.3, -0.25) is 24.0 Å². The number of thiophene rings is 1. The molecule has 2 fully saturated rings. The summed E-state index contributed by atoms with van der Waals surface area (Å²) in [6.07, 6.45) is 4.18. The Morgan fingerprint density at radius 2 is 1.28 bits per heavy atom. The third-order valence-corrected chi connectivity index (χ3v) is 12.3. The van der Waals surface area contributed by atoms with Crippen molar-refractivity contribution in [3.63, 3.8) is 0 Å². The van der Waals surface area contributed by atoms with Gasteiger partial charge in [0.2, 0.25) is 29.5 Å². The molecule has 3 aromatic carbocycles. The first-order chi connectivity index (χ1) is 27.7. The molecule has 14 heteroatoms. The Labute approximate surface area is 335 Å². The molecular formula is C43H50N8O5S. The van der Waals surface area contributed by atoms with Crippen molar-refractivity contribution in [1.82, 2.24) is 36.9 Å². The van der Waals surface area contributed by atoms with Gasteiger partial charge in [0.05, 0.1) is 0 Å². The van der Waals surface area contributed by atoms with Gasteiger partial charge in [0.25, 0.3) is 0 Å². The Balaban J connectivity index is 1.19. The highest BCUT2D eigenvalue weighted by Gasteiger charge is 2.41. The summed E-state index contributed by atoms with van der Waals surface area (Å²) in [6, 6.07) is 21.6. The zero-order chi connectivity index (χ0) is 39.8. The number of para-hydroxylation sites is 1. The van der Waals surface area contributed by atoms with E-state index in [1.54, 1.807) is 11.3 Å². The number of H-pyrrole nitrogens is 1. The van der Waals surface area contributed by atoms with E-state index in [2.05, 4.69) is 36.9 Å². The predicted octanol–water partition coefficient (Wildman–Crippen LogP) is 2.59. The van der Waals surface area contributed by atoms with Crippen LogP contribution in [0.3, 0.4) is 0 Å². The van der Waals surface area contributed by atoms with Crippen molar-refractivity contribution in [2.45, 2.75) is 68.6 Å². The van der Waals surface area contributed by atoms with E-state index >= 15 is 0 Å². The zero-order valence-electron chi connectivity index (χ0n) is 31.8. The molecule has 0 aliphatic carbocycles. The molecular weight excluding hydrogens is 741 g/mol. The summed E-state index contributed by atoms with van der Waals surface area (Å²) >= 11 is 1.57. The second-order valence-corrected chi connectivity index (χ2v) is 16.0. The van der Waals surface area contributed by atoms with Gasteiger partial charge in [-0.25, -0.2) is 0 Å². The lowest BCUT2D eigenvalue weighted by atomic mass is 9.87. The van der Waals surface area contributed by atoms with Gasteiger partial charge in [0, 0.05) is 47.0 Å². The largest absolute Gasteiger partial charge is 0.368 e. The number of primary amides is 1. The van der Waals surface area contributed by atoms with Gasteiger partial charge in [0.15, 0.2) is 0 Å². The minimum absolute atomic E-state index is 0.0918. The number of piperidine rings is 2. The van der Waals surface area contributed by atoms with Gasteiger partial charge in [0.1, 0.15) is 23.7 Å². The highest BCUT2D eigenvalue weighted by molar-refractivity contribution is 7.17. The van der Waals surface area contributed by atoms with E-state index in [0.717, 1.165) is 37.7 Å². The quantitative estimate of drug-likeness (QED) is 0.0797. The number of carbonyl (C=O) groups excluding carboxylic acids is 5. The van der Waals surface area contributed by atoms with Crippen molar-refractivity contribution in [2.24, 2.45) is 11.7 Å². The number of nitrogens with two attached hydrogens (primary N) is 1. The molecule has 298 valence electrons. The van der Waals surface area contributed by atoms with Crippen LogP contribution in [-0.2, 0) is 43.2 Å². The van der Waals surface area contributed by atoms with Crippen LogP contribution >= 0.6 is 11.3 Å². The number of nitrogens with one attached hydrogen (secondary N) is 7. The van der Waals surface area contributed by atoms with Crippen molar-refractivity contribution in [3.8, 4) is 0 Å². The summed E-state index contributed by atoms with van der Waals surface area (Å²) in [4.78, 5) is 73.0. The average Bonchev–Trinajstić information content (AvgIpc) is 3.84. The Hall–Kier alpha value is -5.57. The molecule has 0 saturated carbocycles. The second-order valence-electron chi connectivity index (χ2n) is 15.1. The number of aromatic nitrogens is 1. The maximum Gasteiger partial charge on any atom is 0.243 e. The van der Waals surface area contributed by atoms with Crippen LogP contribution in [0.25, 0.3) is 21.0 Å². The van der Waals surface area contributed by atoms with Crippen molar-refractivity contribution in [1.29, 1.82) is 0 Å². The van der Waals surface area contributed by atoms with E-state index in [9.17, 15) is 24.0 Å². The molecule has 2 aliphatic heterocycles. The maximum atomic E-state index is 14.6. The molecule has 13 nitrogen and oxygen atoms in total. The Kier molecular flexibility index (Phi) is 12.6. The fraction of sp³-hybridized carbons (Fsp3) is 0.372. The number of fused-ring (bicyclic) bond motifs is 2. The lowest BCUT2D eigenvalue weighted by molar-refractivity contribution is -0.136. The monoisotopic (exact) mass is 790 g/mol. The van der Waals surface area contributed by atoms with Crippen LogP contribution in [0.4, 0.5) is 0 Å². The number of amides is 5. The summed E-state index contributed by atoms with van der Waals surface area (Å²) in [7, 11) is 0. The normalized spacial score (nSPS) is 17.3. The van der Waals surface area contributed by atoms with E-state index in [-0.39, 0.29) is 31.1 Å². The molecule has 7 rings (SSSR count). The van der Waals surface area contributed by atoms with Crippen molar-refractivity contribution in [3.05, 3.63) is 107 Å². The van der Waals surface area contributed by atoms with E-state index in [1.807, 2.05) is 90.4 Å². The lowest BCUT2D eigenvalue weighted by Gasteiger charge is -2.36. The number of hydrogen-bond acceptors (Lipinski definition) is 8. The third-order valence-electron chi connectivity index (χ3n) is 11.3. The van der Waals surface area contributed by atoms with Crippen LogP contribution in [-0.4, -0.2) is 84.4 Å². The maximum absolute atomic E-state index is 14.6. The van der Waals surface area contributed by atoms with Crippen LogP contribution < -0.4 is 37.6 Å². The Morgan fingerprint density at radius 1 is 0.684 bits per heavy atom. The third kappa shape index (κ3) is 9.53. The van der Waals surface area contributed by atoms with E-state index in [4.69, 9.17) is 5.73 Å². The summed E-state index contributed by atoms with van der Waals surface area (Å²) in [5, 5.41) is 22.3. The minimum atomic E-state index is -1.27. The number of aromatic amines is 1. The average molecular weight is 791 g/mol. The molecule has 57 heavy (non-hydrogen) atoms. The first kappa shape index (κ1) is 39.7. The predicted molar refractivity (Wildman–Crippen MR) is 221 cm³/mol. The van der Waals surface area contributed by atoms with Gasteiger partial charge in [-0.15, -0.1) is 11.3 Å². The SMILES string of the molecule is NC(=O)C1(NC(=O)C(Cc2ccccc2)NC(=O)C(Cc2c[nH]c3ccccc23)NC(=O)[C@@H](Cc2csc3ccccc23)NC(=O)C2CCNCC2)CCNCC1. The van der Waals surface area contributed by atoms with Crippen molar-refractivity contribution >= 4 is 61.9 Å². The van der Waals surface area contributed by atoms with Gasteiger partial charge < -0.3 is 42.6 Å². The summed E-state index contributed by atoms with van der Waals surface area (Å²) in [6.45, 7) is 2.42. The standard InChI is InChI=1S/C43H50N8O5S/c44-42(56)43(16-20-46-21-17-43)51-41(55)34(22-27-8-2-1-3-9-27)49-39(53)35(23-29-25-47-33-12-6-4-10-31(29)33)50-40(54)36(48-38(52)28-14-18-45-19-15-28)24-30-26-57-37-13-7-5-11-32(30)37/h1-13,25-26,28,34-36,45-47H,14-24H2,(H2,44,56)(H,48,52)(H,49,53)(H,50,54)(H,51,55)/t34?,35?,36-/m1/s1. The van der Waals surface area contributed by atoms with E-state index in [0.29, 0.717) is 51.9 Å². The van der Waals surface area contributed by atoms with E-state index in [1.165, 1.54) is 0 Å². The molecule has 5 aromatic rings. The fourth-order valence-electron chi connectivity index (χ4n) is 7.94. The first-order valence-corrected chi connectivity index (χ1v) is 20.6. The Morgan fingerprint density at radius 3 is 2.00 bits per heavy atom. The Bertz CT molecular complexity index is 2210. The highest BCUT2D eigenvalue weighted by atomic mass is 32.1. The summed E-state index contributed by atoms with van der Waals surface area (Å²) in [5.74, 6) is -2.74. The summed E-state index contributed by atoms with van der Waals surface area (Å²) in [5.41, 5.74) is 7.96.